The van der Waals surface area contributed by atoms with Crippen LogP contribution in [-0.2, 0) is 10.8 Å². The fourth-order valence-electron chi connectivity index (χ4n) is 1.31. The number of ether oxygens (including phenoxy) is 1. The lowest BCUT2D eigenvalue weighted by Gasteiger charge is -2.10. The fraction of sp³-hybridized carbons (Fsp3) is 0.455. The number of nitrogens with one attached hydrogen (secondary N) is 1. The summed E-state index contributed by atoms with van der Waals surface area (Å²) in [5, 5.41) is 12.4. The zero-order valence-corrected chi connectivity index (χ0v) is 10.3. The van der Waals surface area contributed by atoms with Crippen molar-refractivity contribution in [3.8, 4) is 5.75 Å². The quantitative estimate of drug-likeness (QED) is 0.758. The Morgan fingerprint density at radius 3 is 2.94 bits per heavy atom. The predicted molar refractivity (Wildman–Crippen MR) is 64.2 cm³/mol. The molecule has 1 aromatic rings. The molecule has 0 spiro atoms. The Labute approximate surface area is 98.1 Å². The van der Waals surface area contributed by atoms with E-state index in [1.165, 1.54) is 0 Å². The van der Waals surface area contributed by atoms with Crippen LogP contribution in [0.15, 0.2) is 29.2 Å². The van der Waals surface area contributed by atoms with E-state index in [0.29, 0.717) is 17.2 Å². The summed E-state index contributed by atoms with van der Waals surface area (Å²) in [7, 11) is 2.12. The molecular formula is C11H17NO3S. The Hall–Kier alpha value is -0.910. The van der Waals surface area contributed by atoms with Gasteiger partial charge in [0.2, 0.25) is 0 Å². The second kappa shape index (κ2) is 6.62. The molecule has 0 saturated heterocycles. The highest BCUT2D eigenvalue weighted by Gasteiger charge is 2.11. The van der Waals surface area contributed by atoms with E-state index in [1.807, 2.05) is 0 Å². The van der Waals surface area contributed by atoms with E-state index in [-0.39, 0.29) is 5.75 Å². The lowest BCUT2D eigenvalue weighted by molar-refractivity contribution is 0.198. The summed E-state index contributed by atoms with van der Waals surface area (Å²) in [5.74, 6) is 0.905. The largest absolute Gasteiger partial charge is 0.497 e. The van der Waals surface area contributed by atoms with Crippen molar-refractivity contribution in [2.45, 2.75) is 11.0 Å². The molecule has 0 amide bonds. The van der Waals surface area contributed by atoms with Crippen molar-refractivity contribution in [3.05, 3.63) is 24.3 Å². The molecule has 2 unspecified atom stereocenters. The van der Waals surface area contributed by atoms with Crippen LogP contribution in [-0.4, -0.2) is 41.9 Å². The molecule has 2 atom stereocenters. The molecule has 0 radical (unpaired) electrons. The zero-order chi connectivity index (χ0) is 12.0. The van der Waals surface area contributed by atoms with E-state index in [4.69, 9.17) is 4.74 Å². The van der Waals surface area contributed by atoms with Crippen LogP contribution in [0.3, 0.4) is 0 Å². The summed E-state index contributed by atoms with van der Waals surface area (Å²) >= 11 is 0. The topological polar surface area (TPSA) is 58.6 Å². The lowest BCUT2D eigenvalue weighted by atomic mass is 10.3. The first-order valence-corrected chi connectivity index (χ1v) is 6.34. The molecule has 4 nitrogen and oxygen atoms in total. The number of rotatable bonds is 6. The number of aliphatic hydroxyl groups excluding tert-OH is 1. The molecule has 0 heterocycles. The third-order valence-corrected chi connectivity index (χ3v) is 3.55. The second-order valence-corrected chi connectivity index (χ2v) is 4.90. The fourth-order valence-corrected chi connectivity index (χ4v) is 2.45. The molecule has 0 aliphatic rings. The van der Waals surface area contributed by atoms with Crippen molar-refractivity contribution in [1.29, 1.82) is 0 Å². The maximum atomic E-state index is 11.9. The summed E-state index contributed by atoms with van der Waals surface area (Å²) < 4.78 is 16.9. The smallest absolute Gasteiger partial charge is 0.120 e. The molecule has 0 aromatic heterocycles. The first kappa shape index (κ1) is 13.2. The van der Waals surface area contributed by atoms with Crippen LogP contribution in [0.5, 0.6) is 5.75 Å². The maximum Gasteiger partial charge on any atom is 0.120 e. The zero-order valence-electron chi connectivity index (χ0n) is 9.47. The van der Waals surface area contributed by atoms with Gasteiger partial charge in [-0.2, -0.15) is 0 Å². The van der Waals surface area contributed by atoms with E-state index in [2.05, 4.69) is 5.32 Å². The van der Waals surface area contributed by atoms with Gasteiger partial charge >= 0.3 is 0 Å². The molecule has 0 aliphatic carbocycles. The Morgan fingerprint density at radius 1 is 1.56 bits per heavy atom. The van der Waals surface area contributed by atoms with Gasteiger partial charge in [0.05, 0.1) is 29.8 Å². The molecule has 0 saturated carbocycles. The third-order valence-electron chi connectivity index (χ3n) is 2.09. The van der Waals surface area contributed by atoms with Gasteiger partial charge in [-0.15, -0.1) is 0 Å². The predicted octanol–water partition coefficient (Wildman–Crippen LogP) is 0.383. The van der Waals surface area contributed by atoms with Crippen LogP contribution in [0, 0.1) is 0 Å². The number of hydrogen-bond donors (Lipinski definition) is 2. The molecule has 0 bridgehead atoms. The number of hydrogen-bond acceptors (Lipinski definition) is 4. The lowest BCUT2D eigenvalue weighted by Crippen LogP contribution is -2.28. The van der Waals surface area contributed by atoms with Gasteiger partial charge in [0.15, 0.2) is 0 Å². The maximum absolute atomic E-state index is 11.9. The van der Waals surface area contributed by atoms with E-state index in [1.54, 1.807) is 38.4 Å². The number of benzene rings is 1. The first-order valence-electron chi connectivity index (χ1n) is 5.02. The minimum atomic E-state index is -1.20. The van der Waals surface area contributed by atoms with Gasteiger partial charge in [0, 0.05) is 11.4 Å². The van der Waals surface area contributed by atoms with Crippen molar-refractivity contribution in [3.63, 3.8) is 0 Å². The van der Waals surface area contributed by atoms with Crippen LogP contribution in [0.25, 0.3) is 0 Å². The monoisotopic (exact) mass is 243 g/mol. The molecule has 2 N–H and O–H groups in total. The molecule has 1 rings (SSSR count). The summed E-state index contributed by atoms with van der Waals surface area (Å²) in [4.78, 5) is 0.675. The number of aliphatic hydroxyl groups is 1. The number of likely N-dealkylation sites (N-methyl/N-ethyl adjacent to an activating group) is 1. The van der Waals surface area contributed by atoms with Crippen molar-refractivity contribution in [2.24, 2.45) is 0 Å². The molecular weight excluding hydrogens is 226 g/mol. The normalized spacial score (nSPS) is 14.4. The first-order chi connectivity index (χ1) is 7.67. The highest BCUT2D eigenvalue weighted by Crippen LogP contribution is 2.16. The standard InChI is InChI=1S/C11H17NO3S/c1-12-7-9(13)8-16(14)11-5-3-4-10(6-11)15-2/h3-6,9,12-13H,7-8H2,1-2H3. The van der Waals surface area contributed by atoms with Gasteiger partial charge in [-0.1, -0.05) is 6.07 Å². The van der Waals surface area contributed by atoms with Crippen LogP contribution in [0.1, 0.15) is 0 Å². The van der Waals surface area contributed by atoms with Crippen molar-refractivity contribution in [2.75, 3.05) is 26.5 Å². The average Bonchev–Trinajstić information content (AvgIpc) is 2.29. The van der Waals surface area contributed by atoms with E-state index >= 15 is 0 Å². The highest BCUT2D eigenvalue weighted by molar-refractivity contribution is 7.85. The third kappa shape index (κ3) is 3.92. The van der Waals surface area contributed by atoms with Gasteiger partial charge in [0.25, 0.3) is 0 Å². The van der Waals surface area contributed by atoms with Gasteiger partial charge in [-0.3, -0.25) is 4.21 Å². The van der Waals surface area contributed by atoms with Crippen molar-refractivity contribution < 1.29 is 14.1 Å². The molecule has 0 aliphatic heterocycles. The Balaban J connectivity index is 2.65. The van der Waals surface area contributed by atoms with Gasteiger partial charge in [-0.25, -0.2) is 0 Å². The summed E-state index contributed by atoms with van der Waals surface area (Å²) in [6.45, 7) is 0.440. The van der Waals surface area contributed by atoms with Crippen LogP contribution < -0.4 is 10.1 Å². The Kier molecular flexibility index (Phi) is 5.45. The average molecular weight is 243 g/mol. The molecule has 16 heavy (non-hydrogen) atoms. The molecule has 0 fully saturated rings. The van der Waals surface area contributed by atoms with Crippen molar-refractivity contribution >= 4 is 10.8 Å². The van der Waals surface area contributed by atoms with Crippen LogP contribution in [0.2, 0.25) is 0 Å². The van der Waals surface area contributed by atoms with Crippen LogP contribution >= 0.6 is 0 Å². The second-order valence-electron chi connectivity index (χ2n) is 3.40. The SMILES string of the molecule is CNCC(O)CS(=O)c1cccc(OC)c1. The van der Waals surface area contributed by atoms with Gasteiger partial charge < -0.3 is 15.2 Å². The van der Waals surface area contributed by atoms with Crippen LogP contribution in [0.4, 0.5) is 0 Å². The summed E-state index contributed by atoms with van der Waals surface area (Å²) in [5.41, 5.74) is 0. The molecule has 90 valence electrons. The minimum Gasteiger partial charge on any atom is -0.497 e. The molecule has 1 aromatic carbocycles. The van der Waals surface area contributed by atoms with Gasteiger partial charge in [-0.05, 0) is 25.2 Å². The van der Waals surface area contributed by atoms with E-state index in [0.717, 1.165) is 0 Å². The minimum absolute atomic E-state index is 0.230. The van der Waals surface area contributed by atoms with Gasteiger partial charge in [0.1, 0.15) is 5.75 Å². The highest BCUT2D eigenvalue weighted by atomic mass is 32.2. The van der Waals surface area contributed by atoms with E-state index in [9.17, 15) is 9.32 Å². The summed E-state index contributed by atoms with van der Waals surface area (Å²) in [6, 6.07) is 7.08. The Morgan fingerprint density at radius 2 is 2.31 bits per heavy atom. The number of methoxy groups -OCH3 is 1. The summed E-state index contributed by atoms with van der Waals surface area (Å²) in [6.07, 6.45) is -0.600. The Bertz CT molecular complexity index is 357. The van der Waals surface area contributed by atoms with E-state index < -0.39 is 16.9 Å². The molecule has 5 heteroatoms. The van der Waals surface area contributed by atoms with Crippen molar-refractivity contribution in [1.82, 2.24) is 5.32 Å².